The Morgan fingerprint density at radius 2 is 0.820 bits per heavy atom. The lowest BCUT2D eigenvalue weighted by Gasteiger charge is -2.18. The molecule has 50 heavy (non-hydrogen) atoms. The zero-order valence-corrected chi connectivity index (χ0v) is 26.7. The van der Waals surface area contributed by atoms with Crippen LogP contribution in [0.25, 0.3) is 77.2 Å². The molecular formula is C45H25N5. The smallest absolute Gasteiger partial charge is 0.0998 e. The minimum Gasteiger partial charge on any atom is -0.309 e. The molecule has 9 rings (SSSR count). The van der Waals surface area contributed by atoms with Crippen LogP contribution >= 0.6 is 0 Å². The van der Waals surface area contributed by atoms with Gasteiger partial charge in [0.1, 0.15) is 0 Å². The quantitative estimate of drug-likeness (QED) is 0.193. The zero-order valence-electron chi connectivity index (χ0n) is 26.7. The van der Waals surface area contributed by atoms with Gasteiger partial charge in [0.15, 0.2) is 0 Å². The van der Waals surface area contributed by atoms with Crippen LogP contribution in [0.2, 0.25) is 0 Å². The van der Waals surface area contributed by atoms with Gasteiger partial charge in [-0.2, -0.15) is 15.8 Å². The number of benzene rings is 7. The molecule has 0 fully saturated rings. The Balaban J connectivity index is 1.42. The Hall–Kier alpha value is -7.39. The standard InChI is InChI=1S/C45H25N5/c46-26-29-17-19-44-40(21-29)41-22-30(27-47)18-20-45(41)50(44)34-24-32(36-11-3-4-12-37(36)35-10-2-1-9-31(35)28-48)23-33(25-34)49-42-15-7-5-13-38(42)39-14-6-8-16-43(39)49/h1-25H. The highest BCUT2D eigenvalue weighted by Gasteiger charge is 2.19. The Bertz CT molecular complexity index is 2850. The largest absolute Gasteiger partial charge is 0.309 e. The summed E-state index contributed by atoms with van der Waals surface area (Å²) in [5.74, 6) is 0. The number of hydrogen-bond donors (Lipinski definition) is 0. The van der Waals surface area contributed by atoms with Crippen LogP contribution in [0.3, 0.4) is 0 Å². The van der Waals surface area contributed by atoms with Crippen molar-refractivity contribution in [1.82, 2.24) is 9.13 Å². The third-order valence-electron chi connectivity index (χ3n) is 9.60. The van der Waals surface area contributed by atoms with Gasteiger partial charge in [0.05, 0.1) is 57.0 Å². The molecule has 0 aliphatic carbocycles. The van der Waals surface area contributed by atoms with E-state index in [1.165, 1.54) is 10.8 Å². The van der Waals surface area contributed by atoms with Crippen molar-refractivity contribution in [2.75, 3.05) is 0 Å². The topological polar surface area (TPSA) is 81.2 Å². The van der Waals surface area contributed by atoms with E-state index in [1.807, 2.05) is 72.8 Å². The first-order chi connectivity index (χ1) is 24.7. The van der Waals surface area contributed by atoms with Crippen LogP contribution in [-0.2, 0) is 0 Å². The second kappa shape index (κ2) is 11.4. The third-order valence-corrected chi connectivity index (χ3v) is 9.60. The summed E-state index contributed by atoms with van der Waals surface area (Å²) >= 11 is 0. The summed E-state index contributed by atoms with van der Waals surface area (Å²) in [5.41, 5.74) is 11.5. The van der Waals surface area contributed by atoms with Gasteiger partial charge in [0.25, 0.3) is 0 Å². The monoisotopic (exact) mass is 635 g/mol. The molecule has 0 aliphatic rings. The summed E-state index contributed by atoms with van der Waals surface area (Å²) in [7, 11) is 0. The Labute approximate surface area is 287 Å². The average Bonchev–Trinajstić information content (AvgIpc) is 3.69. The molecule has 2 heterocycles. The third kappa shape index (κ3) is 4.38. The number of hydrogen-bond acceptors (Lipinski definition) is 3. The molecule has 5 heteroatoms. The first-order valence-electron chi connectivity index (χ1n) is 16.3. The molecule has 0 amide bonds. The molecule has 0 atom stereocenters. The maximum Gasteiger partial charge on any atom is 0.0998 e. The summed E-state index contributed by atoms with van der Waals surface area (Å²) in [5, 5.41) is 33.8. The summed E-state index contributed by atoms with van der Waals surface area (Å²) in [4.78, 5) is 0. The van der Waals surface area contributed by atoms with E-state index in [0.717, 1.165) is 66.5 Å². The molecule has 0 radical (unpaired) electrons. The number of fused-ring (bicyclic) bond motifs is 6. The average molecular weight is 636 g/mol. The molecule has 7 aromatic carbocycles. The maximum atomic E-state index is 10.1. The van der Waals surface area contributed by atoms with Crippen LogP contribution in [-0.4, -0.2) is 9.13 Å². The van der Waals surface area contributed by atoms with Crippen molar-refractivity contribution in [3.05, 3.63) is 168 Å². The van der Waals surface area contributed by atoms with Crippen molar-refractivity contribution < 1.29 is 0 Å². The van der Waals surface area contributed by atoms with Crippen LogP contribution in [0.15, 0.2) is 152 Å². The second-order valence-electron chi connectivity index (χ2n) is 12.3. The van der Waals surface area contributed by atoms with Crippen LogP contribution in [0, 0.1) is 34.0 Å². The molecule has 0 unspecified atom stereocenters. The van der Waals surface area contributed by atoms with Gasteiger partial charge in [0, 0.05) is 38.5 Å². The first kappa shape index (κ1) is 28.8. The molecule has 0 bridgehead atoms. The number of nitrogens with zero attached hydrogens (tertiary/aromatic N) is 5. The predicted molar refractivity (Wildman–Crippen MR) is 200 cm³/mol. The Morgan fingerprint density at radius 3 is 1.36 bits per heavy atom. The summed E-state index contributed by atoms with van der Waals surface area (Å²) in [6, 6.07) is 58.0. The molecule has 0 N–H and O–H groups in total. The van der Waals surface area contributed by atoms with Gasteiger partial charge in [-0.25, -0.2) is 0 Å². The van der Waals surface area contributed by atoms with E-state index in [9.17, 15) is 15.8 Å². The normalized spacial score (nSPS) is 11.1. The zero-order chi connectivity index (χ0) is 33.8. The van der Waals surface area contributed by atoms with E-state index >= 15 is 0 Å². The maximum absolute atomic E-state index is 10.1. The first-order valence-corrected chi connectivity index (χ1v) is 16.3. The fraction of sp³-hybridized carbons (Fsp3) is 0. The highest BCUT2D eigenvalue weighted by atomic mass is 15.0. The second-order valence-corrected chi connectivity index (χ2v) is 12.3. The Kier molecular flexibility index (Phi) is 6.56. The molecule has 230 valence electrons. The van der Waals surface area contributed by atoms with Gasteiger partial charge < -0.3 is 9.13 Å². The summed E-state index contributed by atoms with van der Waals surface area (Å²) in [6.45, 7) is 0. The van der Waals surface area contributed by atoms with Crippen LogP contribution in [0.4, 0.5) is 0 Å². The lowest BCUT2D eigenvalue weighted by atomic mass is 9.91. The van der Waals surface area contributed by atoms with Crippen LogP contribution in [0.5, 0.6) is 0 Å². The minimum atomic E-state index is 0.559. The SMILES string of the molecule is N#Cc1ccc2c(c1)c1cc(C#N)ccc1n2-c1cc(-c2ccccc2-c2ccccc2C#N)cc(-n2c3ccccc3c3ccccc32)c1. The van der Waals surface area contributed by atoms with E-state index < -0.39 is 0 Å². The lowest BCUT2D eigenvalue weighted by Crippen LogP contribution is -2.00. The lowest BCUT2D eigenvalue weighted by molar-refractivity contribution is 1.13. The van der Waals surface area contributed by atoms with Crippen molar-refractivity contribution in [2.24, 2.45) is 0 Å². The molecule has 0 saturated heterocycles. The van der Waals surface area contributed by atoms with Crippen molar-refractivity contribution in [1.29, 1.82) is 15.8 Å². The number of rotatable bonds is 4. The van der Waals surface area contributed by atoms with Gasteiger partial charge in [-0.1, -0.05) is 78.9 Å². The minimum absolute atomic E-state index is 0.559. The van der Waals surface area contributed by atoms with Crippen molar-refractivity contribution in [2.45, 2.75) is 0 Å². The highest BCUT2D eigenvalue weighted by Crippen LogP contribution is 2.40. The van der Waals surface area contributed by atoms with Crippen molar-refractivity contribution >= 4 is 43.6 Å². The van der Waals surface area contributed by atoms with Gasteiger partial charge >= 0.3 is 0 Å². The van der Waals surface area contributed by atoms with E-state index in [2.05, 4.69) is 106 Å². The van der Waals surface area contributed by atoms with Crippen LogP contribution in [0.1, 0.15) is 16.7 Å². The van der Waals surface area contributed by atoms with E-state index in [-0.39, 0.29) is 0 Å². The highest BCUT2D eigenvalue weighted by molar-refractivity contribution is 6.11. The van der Waals surface area contributed by atoms with Crippen molar-refractivity contribution in [3.63, 3.8) is 0 Å². The number of para-hydroxylation sites is 2. The van der Waals surface area contributed by atoms with Crippen LogP contribution < -0.4 is 0 Å². The fourth-order valence-electron chi connectivity index (χ4n) is 7.44. The molecule has 0 spiro atoms. The fourth-order valence-corrected chi connectivity index (χ4v) is 7.44. The number of nitriles is 3. The Morgan fingerprint density at radius 1 is 0.360 bits per heavy atom. The van der Waals surface area contributed by atoms with Gasteiger partial charge in [-0.3, -0.25) is 0 Å². The van der Waals surface area contributed by atoms with Gasteiger partial charge in [0.2, 0.25) is 0 Å². The van der Waals surface area contributed by atoms with E-state index in [1.54, 1.807) is 0 Å². The molecular weight excluding hydrogens is 611 g/mol. The predicted octanol–water partition coefficient (Wildman–Crippen LogP) is 10.8. The molecule has 2 aromatic heterocycles. The van der Waals surface area contributed by atoms with E-state index in [4.69, 9.17) is 0 Å². The van der Waals surface area contributed by atoms with Gasteiger partial charge in [-0.15, -0.1) is 0 Å². The number of aromatic nitrogens is 2. The van der Waals surface area contributed by atoms with Gasteiger partial charge in [-0.05, 0) is 89.5 Å². The molecule has 5 nitrogen and oxygen atoms in total. The summed E-state index contributed by atoms with van der Waals surface area (Å²) < 4.78 is 4.54. The molecule has 0 aliphatic heterocycles. The summed E-state index contributed by atoms with van der Waals surface area (Å²) in [6.07, 6.45) is 0. The molecule has 0 saturated carbocycles. The molecule has 9 aromatic rings. The van der Waals surface area contributed by atoms with Crippen molar-refractivity contribution in [3.8, 4) is 51.8 Å². The van der Waals surface area contributed by atoms with E-state index in [0.29, 0.717) is 16.7 Å².